The minimum atomic E-state index is -0.443. The van der Waals surface area contributed by atoms with Crippen LogP contribution in [0.3, 0.4) is 0 Å². The number of rotatable bonds is 4. The third-order valence-corrected chi connectivity index (χ3v) is 2.97. The molecule has 94 valence electrons. The second-order valence-corrected chi connectivity index (χ2v) is 4.85. The standard InChI is InChI=1S/C13H12BrFN2O/c1-2-4-17-5-3-16-13(17)12(18)9-6-10(14)8-11(15)7-9/h3,5-8H,2,4H2,1H3. The molecule has 2 rings (SSSR count). The summed E-state index contributed by atoms with van der Waals surface area (Å²) >= 11 is 3.17. The van der Waals surface area contributed by atoms with E-state index in [1.807, 2.05) is 6.92 Å². The third-order valence-electron chi connectivity index (χ3n) is 2.51. The second-order valence-electron chi connectivity index (χ2n) is 3.93. The molecule has 0 aliphatic heterocycles. The number of nitrogens with zero attached hydrogens (tertiary/aromatic N) is 2. The van der Waals surface area contributed by atoms with Gasteiger partial charge in [-0.25, -0.2) is 9.37 Å². The van der Waals surface area contributed by atoms with E-state index in [1.165, 1.54) is 12.1 Å². The van der Waals surface area contributed by atoms with Gasteiger partial charge in [0.25, 0.3) is 0 Å². The minimum Gasteiger partial charge on any atom is -0.328 e. The molecule has 0 amide bonds. The molecule has 0 N–H and O–H groups in total. The molecule has 1 heterocycles. The van der Waals surface area contributed by atoms with E-state index in [4.69, 9.17) is 0 Å². The molecule has 0 spiro atoms. The van der Waals surface area contributed by atoms with Gasteiger partial charge in [-0.3, -0.25) is 4.79 Å². The van der Waals surface area contributed by atoms with Gasteiger partial charge in [0.05, 0.1) is 0 Å². The van der Waals surface area contributed by atoms with Crippen molar-refractivity contribution >= 4 is 21.7 Å². The Kier molecular flexibility index (Phi) is 3.91. The summed E-state index contributed by atoms with van der Waals surface area (Å²) in [7, 11) is 0. The smallest absolute Gasteiger partial charge is 0.228 e. The number of imidazole rings is 1. The van der Waals surface area contributed by atoms with E-state index in [0.717, 1.165) is 13.0 Å². The van der Waals surface area contributed by atoms with Crippen molar-refractivity contribution in [1.29, 1.82) is 0 Å². The van der Waals surface area contributed by atoms with E-state index < -0.39 is 5.82 Å². The van der Waals surface area contributed by atoms with E-state index in [0.29, 0.717) is 15.9 Å². The van der Waals surface area contributed by atoms with Crippen molar-refractivity contribution < 1.29 is 9.18 Å². The van der Waals surface area contributed by atoms with Gasteiger partial charge in [0.15, 0.2) is 5.82 Å². The van der Waals surface area contributed by atoms with Crippen LogP contribution in [-0.4, -0.2) is 15.3 Å². The molecular weight excluding hydrogens is 299 g/mol. The zero-order valence-electron chi connectivity index (χ0n) is 9.86. The number of carbonyl (C=O) groups is 1. The molecule has 18 heavy (non-hydrogen) atoms. The van der Waals surface area contributed by atoms with Crippen LogP contribution in [0.4, 0.5) is 4.39 Å². The molecule has 5 heteroatoms. The van der Waals surface area contributed by atoms with Crippen LogP contribution in [0.15, 0.2) is 35.1 Å². The van der Waals surface area contributed by atoms with Crippen LogP contribution in [0.25, 0.3) is 0 Å². The first-order chi connectivity index (χ1) is 8.61. The van der Waals surface area contributed by atoms with Gasteiger partial charge in [-0.05, 0) is 24.6 Å². The number of aryl methyl sites for hydroxylation is 1. The maximum absolute atomic E-state index is 13.3. The first kappa shape index (κ1) is 13.0. The Morgan fingerprint density at radius 1 is 1.44 bits per heavy atom. The van der Waals surface area contributed by atoms with Crippen LogP contribution in [0.2, 0.25) is 0 Å². The Balaban J connectivity index is 2.38. The number of carbonyl (C=O) groups excluding carboxylic acids is 1. The minimum absolute atomic E-state index is 0.270. The van der Waals surface area contributed by atoms with Crippen LogP contribution in [-0.2, 0) is 6.54 Å². The largest absolute Gasteiger partial charge is 0.328 e. The molecule has 0 atom stereocenters. The summed E-state index contributed by atoms with van der Waals surface area (Å²) in [5, 5.41) is 0. The van der Waals surface area contributed by atoms with E-state index in [2.05, 4.69) is 20.9 Å². The Hall–Kier alpha value is -1.49. The SMILES string of the molecule is CCCn1ccnc1C(=O)c1cc(F)cc(Br)c1. The monoisotopic (exact) mass is 310 g/mol. The number of hydrogen-bond acceptors (Lipinski definition) is 2. The normalized spacial score (nSPS) is 10.6. The third kappa shape index (κ3) is 2.67. The number of hydrogen-bond donors (Lipinski definition) is 0. The van der Waals surface area contributed by atoms with Crippen LogP contribution < -0.4 is 0 Å². The maximum Gasteiger partial charge on any atom is 0.228 e. The molecule has 1 aromatic carbocycles. The van der Waals surface area contributed by atoms with Crippen molar-refractivity contribution in [3.05, 3.63) is 52.3 Å². The van der Waals surface area contributed by atoms with Crippen molar-refractivity contribution in [1.82, 2.24) is 9.55 Å². The molecule has 0 aliphatic carbocycles. The molecule has 2 aromatic rings. The predicted octanol–water partition coefficient (Wildman–Crippen LogP) is 3.43. The molecule has 0 fully saturated rings. The van der Waals surface area contributed by atoms with Crippen LogP contribution in [0.1, 0.15) is 29.5 Å². The van der Waals surface area contributed by atoms with E-state index >= 15 is 0 Å². The number of halogens is 2. The van der Waals surface area contributed by atoms with Crippen LogP contribution >= 0.6 is 15.9 Å². The topological polar surface area (TPSA) is 34.9 Å². The van der Waals surface area contributed by atoms with Gasteiger partial charge in [0.1, 0.15) is 5.82 Å². The molecule has 0 aliphatic rings. The summed E-state index contributed by atoms with van der Waals surface area (Å²) in [5.74, 6) is -0.371. The number of aromatic nitrogens is 2. The quantitative estimate of drug-likeness (QED) is 0.811. The second kappa shape index (κ2) is 5.44. The first-order valence-corrected chi connectivity index (χ1v) is 6.43. The van der Waals surface area contributed by atoms with Gasteiger partial charge < -0.3 is 4.57 Å². The Bertz CT molecular complexity index is 560. The molecule has 0 radical (unpaired) electrons. The van der Waals surface area contributed by atoms with E-state index in [9.17, 15) is 9.18 Å². The highest BCUT2D eigenvalue weighted by atomic mass is 79.9. The summed E-state index contributed by atoms with van der Waals surface area (Å²) in [5.41, 5.74) is 0.297. The van der Waals surface area contributed by atoms with Crippen molar-refractivity contribution in [3.63, 3.8) is 0 Å². The van der Waals surface area contributed by atoms with Gasteiger partial charge in [-0.2, -0.15) is 0 Å². The molecule has 3 nitrogen and oxygen atoms in total. The van der Waals surface area contributed by atoms with Gasteiger partial charge in [0.2, 0.25) is 5.78 Å². The van der Waals surface area contributed by atoms with Gasteiger partial charge in [0, 0.05) is 29.0 Å². The predicted molar refractivity (Wildman–Crippen MR) is 70.1 cm³/mol. The van der Waals surface area contributed by atoms with Crippen molar-refractivity contribution in [2.24, 2.45) is 0 Å². The Labute approximate surface area is 113 Å². The van der Waals surface area contributed by atoms with Gasteiger partial charge in [-0.15, -0.1) is 0 Å². The molecule has 0 unspecified atom stereocenters. The van der Waals surface area contributed by atoms with Crippen molar-refractivity contribution in [2.75, 3.05) is 0 Å². The summed E-state index contributed by atoms with van der Waals surface area (Å²) < 4.78 is 15.6. The number of benzene rings is 1. The fourth-order valence-corrected chi connectivity index (χ4v) is 2.22. The lowest BCUT2D eigenvalue weighted by Crippen LogP contribution is -2.11. The fraction of sp³-hybridized carbons (Fsp3) is 0.231. The van der Waals surface area contributed by atoms with E-state index in [1.54, 1.807) is 23.0 Å². The highest BCUT2D eigenvalue weighted by molar-refractivity contribution is 9.10. The zero-order chi connectivity index (χ0) is 13.1. The van der Waals surface area contributed by atoms with Crippen LogP contribution in [0, 0.1) is 5.82 Å². The lowest BCUT2D eigenvalue weighted by molar-refractivity contribution is 0.102. The van der Waals surface area contributed by atoms with Gasteiger partial charge >= 0.3 is 0 Å². The average molecular weight is 311 g/mol. The zero-order valence-corrected chi connectivity index (χ0v) is 11.4. The highest BCUT2D eigenvalue weighted by Gasteiger charge is 2.16. The Morgan fingerprint density at radius 2 is 2.22 bits per heavy atom. The Morgan fingerprint density at radius 3 is 2.89 bits per heavy atom. The molecule has 0 saturated carbocycles. The molecule has 1 aromatic heterocycles. The molecular formula is C13H12BrFN2O. The average Bonchev–Trinajstić information content (AvgIpc) is 2.75. The van der Waals surface area contributed by atoms with Crippen molar-refractivity contribution in [3.8, 4) is 0 Å². The summed E-state index contributed by atoms with van der Waals surface area (Å²) in [6, 6.07) is 4.13. The van der Waals surface area contributed by atoms with Gasteiger partial charge in [-0.1, -0.05) is 22.9 Å². The summed E-state index contributed by atoms with van der Waals surface area (Å²) in [4.78, 5) is 16.3. The lowest BCUT2D eigenvalue weighted by atomic mass is 10.1. The van der Waals surface area contributed by atoms with Crippen LogP contribution in [0.5, 0.6) is 0 Å². The van der Waals surface area contributed by atoms with E-state index in [-0.39, 0.29) is 5.78 Å². The summed E-state index contributed by atoms with van der Waals surface area (Å²) in [6.45, 7) is 2.74. The number of ketones is 1. The molecule has 0 bridgehead atoms. The lowest BCUT2D eigenvalue weighted by Gasteiger charge is -2.06. The maximum atomic E-state index is 13.3. The fourth-order valence-electron chi connectivity index (χ4n) is 1.75. The summed E-state index contributed by atoms with van der Waals surface area (Å²) in [6.07, 6.45) is 4.24. The van der Waals surface area contributed by atoms with Crippen molar-refractivity contribution in [2.45, 2.75) is 19.9 Å². The molecule has 0 saturated heterocycles. The highest BCUT2D eigenvalue weighted by Crippen LogP contribution is 2.17. The first-order valence-electron chi connectivity index (χ1n) is 5.63.